The third-order valence-electron chi connectivity index (χ3n) is 4.40. The molecule has 1 fully saturated rings. The van der Waals surface area contributed by atoms with Crippen LogP contribution in [0.3, 0.4) is 0 Å². The van der Waals surface area contributed by atoms with Gasteiger partial charge in [-0.3, -0.25) is 4.40 Å². The number of hydrogen-bond acceptors (Lipinski definition) is 4. The molecule has 0 aliphatic carbocycles. The Morgan fingerprint density at radius 3 is 3.05 bits per heavy atom. The van der Waals surface area contributed by atoms with E-state index in [1.165, 1.54) is 10.6 Å². The van der Waals surface area contributed by atoms with Gasteiger partial charge in [-0.1, -0.05) is 13.8 Å². The summed E-state index contributed by atoms with van der Waals surface area (Å²) < 4.78 is 8.14. The maximum Gasteiger partial charge on any atom is 0.194 e. The van der Waals surface area contributed by atoms with E-state index in [0.29, 0.717) is 18.1 Å². The molecule has 1 aliphatic rings. The van der Waals surface area contributed by atoms with Crippen LogP contribution < -0.4 is 5.32 Å². The fourth-order valence-corrected chi connectivity index (χ4v) is 4.21. The van der Waals surface area contributed by atoms with Crippen molar-refractivity contribution in [3.8, 4) is 0 Å². The number of aryl methyl sites for hydroxylation is 2. The highest BCUT2D eigenvalue weighted by atomic mass is 32.1. The molecule has 3 rings (SSSR count). The zero-order valence-electron chi connectivity index (χ0n) is 14.1. The number of rotatable bonds is 5. The van der Waals surface area contributed by atoms with Gasteiger partial charge in [0.2, 0.25) is 0 Å². The molecule has 5 heteroatoms. The van der Waals surface area contributed by atoms with E-state index in [2.05, 4.69) is 48.6 Å². The standard InChI is InChI=1S/C17H27N3OS/c1-11(2)7-15-8-14(5-6-21-15)18-9-16-13(4)19-17-20(16)10-12(3)22-17/h10-11,14-15,18H,5-9H2,1-4H3. The van der Waals surface area contributed by atoms with Gasteiger partial charge in [0.25, 0.3) is 0 Å². The van der Waals surface area contributed by atoms with Crippen molar-refractivity contribution >= 4 is 16.3 Å². The van der Waals surface area contributed by atoms with Crippen LogP contribution in [0.15, 0.2) is 6.20 Å². The Hall–Kier alpha value is -0.910. The van der Waals surface area contributed by atoms with Crippen molar-refractivity contribution in [3.63, 3.8) is 0 Å². The monoisotopic (exact) mass is 321 g/mol. The molecule has 2 unspecified atom stereocenters. The minimum Gasteiger partial charge on any atom is -0.378 e. The third kappa shape index (κ3) is 3.53. The quantitative estimate of drug-likeness (QED) is 0.912. The lowest BCUT2D eigenvalue weighted by atomic mass is 9.96. The first-order valence-corrected chi connectivity index (χ1v) is 9.13. The molecule has 0 amide bonds. The molecule has 1 aliphatic heterocycles. The molecule has 0 spiro atoms. The van der Waals surface area contributed by atoms with Crippen molar-refractivity contribution in [2.24, 2.45) is 5.92 Å². The van der Waals surface area contributed by atoms with Gasteiger partial charge in [0, 0.05) is 30.3 Å². The molecule has 1 N–H and O–H groups in total. The molecule has 0 bridgehead atoms. The van der Waals surface area contributed by atoms with E-state index in [-0.39, 0.29) is 0 Å². The highest BCUT2D eigenvalue weighted by molar-refractivity contribution is 7.17. The highest BCUT2D eigenvalue weighted by Crippen LogP contribution is 2.23. The fraction of sp³-hybridized carbons (Fsp3) is 0.706. The van der Waals surface area contributed by atoms with Crippen molar-refractivity contribution in [2.75, 3.05) is 6.61 Å². The van der Waals surface area contributed by atoms with Gasteiger partial charge in [0.05, 0.1) is 17.5 Å². The fourth-order valence-electron chi connectivity index (χ4n) is 3.32. The molecule has 0 radical (unpaired) electrons. The van der Waals surface area contributed by atoms with Gasteiger partial charge in [-0.15, -0.1) is 11.3 Å². The van der Waals surface area contributed by atoms with Crippen molar-refractivity contribution in [3.05, 3.63) is 22.5 Å². The van der Waals surface area contributed by atoms with Crippen LogP contribution in [0.2, 0.25) is 0 Å². The Bertz CT molecular complexity index is 631. The van der Waals surface area contributed by atoms with Gasteiger partial charge in [-0.05, 0) is 39.0 Å². The first-order chi connectivity index (χ1) is 10.5. The Labute approximate surface area is 136 Å². The summed E-state index contributed by atoms with van der Waals surface area (Å²) in [6.07, 6.45) is 6.02. The summed E-state index contributed by atoms with van der Waals surface area (Å²) in [5.74, 6) is 0.703. The number of imidazole rings is 1. The largest absolute Gasteiger partial charge is 0.378 e. The second-order valence-electron chi connectivity index (χ2n) is 6.86. The summed E-state index contributed by atoms with van der Waals surface area (Å²) in [6, 6.07) is 0.558. The Morgan fingerprint density at radius 1 is 1.45 bits per heavy atom. The zero-order chi connectivity index (χ0) is 15.7. The summed E-state index contributed by atoms with van der Waals surface area (Å²) in [4.78, 5) is 7.09. The van der Waals surface area contributed by atoms with Crippen molar-refractivity contribution in [1.82, 2.24) is 14.7 Å². The lowest BCUT2D eigenvalue weighted by molar-refractivity contribution is -0.00963. The number of aromatic nitrogens is 2. The molecule has 2 atom stereocenters. The van der Waals surface area contributed by atoms with Crippen LogP contribution in [0.1, 0.15) is 49.4 Å². The minimum absolute atomic E-state index is 0.418. The van der Waals surface area contributed by atoms with Crippen molar-refractivity contribution in [1.29, 1.82) is 0 Å². The maximum absolute atomic E-state index is 5.90. The van der Waals surface area contributed by atoms with Gasteiger partial charge in [0.1, 0.15) is 0 Å². The molecule has 2 aromatic heterocycles. The van der Waals surface area contributed by atoms with E-state index in [9.17, 15) is 0 Å². The average molecular weight is 321 g/mol. The van der Waals surface area contributed by atoms with Crippen molar-refractivity contribution < 1.29 is 4.74 Å². The second kappa shape index (κ2) is 6.69. The molecule has 4 nitrogen and oxygen atoms in total. The van der Waals surface area contributed by atoms with Crippen LogP contribution in [0.5, 0.6) is 0 Å². The van der Waals surface area contributed by atoms with E-state index in [1.807, 2.05) is 0 Å². The minimum atomic E-state index is 0.418. The normalized spacial score (nSPS) is 22.8. The summed E-state index contributed by atoms with van der Waals surface area (Å²) in [5.41, 5.74) is 2.44. The summed E-state index contributed by atoms with van der Waals surface area (Å²) >= 11 is 1.76. The molecule has 122 valence electrons. The Morgan fingerprint density at radius 2 is 2.27 bits per heavy atom. The highest BCUT2D eigenvalue weighted by Gasteiger charge is 2.23. The van der Waals surface area contributed by atoms with Crippen LogP contribution in [-0.4, -0.2) is 28.1 Å². The number of nitrogens with zero attached hydrogens (tertiary/aromatic N) is 2. The molecule has 2 aromatic rings. The van der Waals surface area contributed by atoms with Gasteiger partial charge >= 0.3 is 0 Å². The average Bonchev–Trinajstić information content (AvgIpc) is 2.91. The topological polar surface area (TPSA) is 38.6 Å². The zero-order valence-corrected chi connectivity index (χ0v) is 14.9. The SMILES string of the molecule is Cc1cn2c(CNC3CCOC(CC(C)C)C3)c(C)nc2s1. The van der Waals surface area contributed by atoms with Gasteiger partial charge in [-0.2, -0.15) is 0 Å². The van der Waals surface area contributed by atoms with Crippen molar-refractivity contribution in [2.45, 2.75) is 65.6 Å². The van der Waals surface area contributed by atoms with Crippen LogP contribution in [0, 0.1) is 19.8 Å². The Kier molecular flexibility index (Phi) is 4.85. The van der Waals surface area contributed by atoms with E-state index in [4.69, 9.17) is 4.74 Å². The predicted molar refractivity (Wildman–Crippen MR) is 91.6 cm³/mol. The van der Waals surface area contributed by atoms with Crippen LogP contribution in [0.25, 0.3) is 4.96 Å². The first-order valence-electron chi connectivity index (χ1n) is 8.32. The molecule has 22 heavy (non-hydrogen) atoms. The van der Waals surface area contributed by atoms with Crippen LogP contribution in [-0.2, 0) is 11.3 Å². The molecule has 0 saturated carbocycles. The molecule has 3 heterocycles. The van der Waals surface area contributed by atoms with E-state index in [0.717, 1.165) is 43.1 Å². The number of thiazole rings is 1. The summed E-state index contributed by atoms with van der Waals surface area (Å²) in [5, 5.41) is 3.73. The van der Waals surface area contributed by atoms with Gasteiger partial charge in [-0.25, -0.2) is 4.98 Å². The van der Waals surface area contributed by atoms with E-state index >= 15 is 0 Å². The number of fused-ring (bicyclic) bond motifs is 1. The molecular weight excluding hydrogens is 294 g/mol. The third-order valence-corrected chi connectivity index (χ3v) is 5.30. The lowest BCUT2D eigenvalue weighted by Gasteiger charge is -2.31. The second-order valence-corrected chi connectivity index (χ2v) is 8.08. The van der Waals surface area contributed by atoms with E-state index < -0.39 is 0 Å². The summed E-state index contributed by atoms with van der Waals surface area (Å²) in [6.45, 7) is 10.6. The smallest absolute Gasteiger partial charge is 0.194 e. The molecule has 1 saturated heterocycles. The number of hydrogen-bond donors (Lipinski definition) is 1. The number of ether oxygens (including phenoxy) is 1. The first kappa shape index (κ1) is 16.0. The van der Waals surface area contributed by atoms with Crippen LogP contribution >= 0.6 is 11.3 Å². The van der Waals surface area contributed by atoms with E-state index in [1.54, 1.807) is 11.3 Å². The van der Waals surface area contributed by atoms with Crippen LogP contribution in [0.4, 0.5) is 0 Å². The molecule has 0 aromatic carbocycles. The number of nitrogens with one attached hydrogen (secondary N) is 1. The summed E-state index contributed by atoms with van der Waals surface area (Å²) in [7, 11) is 0. The lowest BCUT2D eigenvalue weighted by Crippen LogP contribution is -2.39. The van der Waals surface area contributed by atoms with Gasteiger partial charge in [0.15, 0.2) is 4.96 Å². The molecular formula is C17H27N3OS. The maximum atomic E-state index is 5.90. The Balaban J connectivity index is 1.62. The van der Waals surface area contributed by atoms with Gasteiger partial charge < -0.3 is 10.1 Å². The predicted octanol–water partition coefficient (Wildman–Crippen LogP) is 3.70.